The predicted molar refractivity (Wildman–Crippen MR) is 102 cm³/mol. The van der Waals surface area contributed by atoms with E-state index in [1.807, 2.05) is 32.0 Å². The Balaban J connectivity index is 1.92. The topological polar surface area (TPSA) is 110 Å². The molecule has 1 amide bonds. The molecule has 0 aliphatic carbocycles. The number of hydrogen-bond acceptors (Lipinski definition) is 6. The molecule has 0 bridgehead atoms. The number of nitrogens with zero attached hydrogens (tertiary/aromatic N) is 3. The molecule has 0 aromatic heterocycles. The third-order valence-corrected chi connectivity index (χ3v) is 3.81. The zero-order chi connectivity index (χ0) is 19.6. The van der Waals surface area contributed by atoms with E-state index in [4.69, 9.17) is 15.3 Å². The van der Waals surface area contributed by atoms with Crippen molar-refractivity contribution < 1.29 is 9.53 Å². The van der Waals surface area contributed by atoms with Gasteiger partial charge in [-0.2, -0.15) is 15.6 Å². The first kappa shape index (κ1) is 19.5. The highest BCUT2D eigenvalue weighted by Gasteiger charge is 2.10. The van der Waals surface area contributed by atoms with Gasteiger partial charge in [0.25, 0.3) is 5.91 Å². The standard InChI is InChI=1S/C20H19N5O2/c1-14-7-8-17(11-15(14)2)27-10-9-23-20(26)18-5-3-4-6-19(18)25-24-16(12-21)13-22/h3-8,11,25H,9-10H2,1-2H3,(H,23,26). The number of carbonyl (C=O) groups excluding carboxylic acids is 1. The first-order valence-electron chi connectivity index (χ1n) is 8.26. The molecule has 0 heterocycles. The summed E-state index contributed by atoms with van der Waals surface area (Å²) >= 11 is 0. The molecule has 7 heteroatoms. The molecule has 7 nitrogen and oxygen atoms in total. The average Bonchev–Trinajstić information content (AvgIpc) is 2.69. The average molecular weight is 361 g/mol. The molecule has 0 saturated carbocycles. The lowest BCUT2D eigenvalue weighted by atomic mass is 10.1. The number of carbonyl (C=O) groups is 1. The third-order valence-electron chi connectivity index (χ3n) is 3.81. The minimum absolute atomic E-state index is 0.313. The fourth-order valence-corrected chi connectivity index (χ4v) is 2.20. The molecule has 0 atom stereocenters. The molecule has 0 spiro atoms. The summed E-state index contributed by atoms with van der Waals surface area (Å²) in [5.74, 6) is 0.441. The Morgan fingerprint density at radius 2 is 1.85 bits per heavy atom. The zero-order valence-corrected chi connectivity index (χ0v) is 15.1. The molecule has 0 aliphatic rings. The Morgan fingerprint density at radius 1 is 1.11 bits per heavy atom. The summed E-state index contributed by atoms with van der Waals surface area (Å²) in [7, 11) is 0. The second kappa shape index (κ2) is 9.59. The van der Waals surface area contributed by atoms with Crippen LogP contribution in [0.15, 0.2) is 47.6 Å². The Labute approximate surface area is 157 Å². The van der Waals surface area contributed by atoms with Crippen molar-refractivity contribution in [3.8, 4) is 17.9 Å². The van der Waals surface area contributed by atoms with Gasteiger partial charge in [-0.15, -0.1) is 0 Å². The van der Waals surface area contributed by atoms with Crippen molar-refractivity contribution in [2.75, 3.05) is 18.6 Å². The fourth-order valence-electron chi connectivity index (χ4n) is 2.20. The summed E-state index contributed by atoms with van der Waals surface area (Å²) < 4.78 is 5.64. The quantitative estimate of drug-likeness (QED) is 0.447. The highest BCUT2D eigenvalue weighted by molar-refractivity contribution is 6.10. The number of para-hydroxylation sites is 1. The maximum Gasteiger partial charge on any atom is 0.253 e. The number of amides is 1. The maximum atomic E-state index is 12.4. The van der Waals surface area contributed by atoms with Crippen LogP contribution in [0.3, 0.4) is 0 Å². The van der Waals surface area contributed by atoms with Crippen LogP contribution in [0, 0.1) is 36.5 Å². The van der Waals surface area contributed by atoms with Crippen molar-refractivity contribution in [2.45, 2.75) is 13.8 Å². The maximum absolute atomic E-state index is 12.4. The van der Waals surface area contributed by atoms with E-state index in [1.165, 1.54) is 5.56 Å². The second-order valence-corrected chi connectivity index (χ2v) is 5.69. The summed E-state index contributed by atoms with van der Waals surface area (Å²) in [4.78, 5) is 12.4. The molecule has 2 N–H and O–H groups in total. The summed E-state index contributed by atoms with van der Waals surface area (Å²) in [6, 6.07) is 15.8. The Hall–Kier alpha value is -3.84. The van der Waals surface area contributed by atoms with Gasteiger partial charge in [0, 0.05) is 0 Å². The van der Waals surface area contributed by atoms with E-state index in [-0.39, 0.29) is 11.6 Å². The van der Waals surface area contributed by atoms with Crippen LogP contribution in [0.1, 0.15) is 21.5 Å². The molecule has 0 aliphatic heterocycles. The summed E-state index contributed by atoms with van der Waals surface area (Å²) in [5.41, 5.74) is 5.33. The summed E-state index contributed by atoms with van der Waals surface area (Å²) in [6.45, 7) is 4.70. The molecule has 0 unspecified atom stereocenters. The van der Waals surface area contributed by atoms with Gasteiger partial charge in [0.05, 0.1) is 17.8 Å². The highest BCUT2D eigenvalue weighted by Crippen LogP contribution is 2.17. The molecular weight excluding hydrogens is 342 g/mol. The van der Waals surface area contributed by atoms with Crippen molar-refractivity contribution in [2.24, 2.45) is 5.10 Å². The fraction of sp³-hybridized carbons (Fsp3) is 0.200. The number of nitrogens with one attached hydrogen (secondary N) is 2. The van der Waals surface area contributed by atoms with Gasteiger partial charge in [0.1, 0.15) is 24.5 Å². The number of aryl methyl sites for hydroxylation is 2. The van der Waals surface area contributed by atoms with Gasteiger partial charge in [0.2, 0.25) is 5.71 Å². The third kappa shape index (κ3) is 5.58. The Bertz CT molecular complexity index is 922. The van der Waals surface area contributed by atoms with Crippen LogP contribution < -0.4 is 15.5 Å². The lowest BCUT2D eigenvalue weighted by Gasteiger charge is -2.11. The van der Waals surface area contributed by atoms with Crippen LogP contribution in [-0.2, 0) is 0 Å². The first-order chi connectivity index (χ1) is 13.0. The number of anilines is 1. The van der Waals surface area contributed by atoms with Gasteiger partial charge in [-0.05, 0) is 49.2 Å². The zero-order valence-electron chi connectivity index (χ0n) is 15.1. The monoisotopic (exact) mass is 361 g/mol. The number of hydrazone groups is 1. The normalized spacial score (nSPS) is 9.48. The van der Waals surface area contributed by atoms with E-state index < -0.39 is 0 Å². The van der Waals surface area contributed by atoms with Crippen LogP contribution in [0.5, 0.6) is 5.75 Å². The summed E-state index contributed by atoms with van der Waals surface area (Å²) in [5, 5.41) is 23.9. The molecule has 0 radical (unpaired) electrons. The van der Waals surface area contributed by atoms with Crippen LogP contribution in [-0.4, -0.2) is 24.8 Å². The number of ether oxygens (including phenoxy) is 1. The SMILES string of the molecule is Cc1ccc(OCCNC(=O)c2ccccc2NN=C(C#N)C#N)cc1C. The number of nitriles is 2. The highest BCUT2D eigenvalue weighted by atomic mass is 16.5. The molecule has 2 aromatic carbocycles. The van der Waals surface area contributed by atoms with Gasteiger partial charge < -0.3 is 10.1 Å². The van der Waals surface area contributed by atoms with E-state index in [2.05, 4.69) is 15.8 Å². The molecule has 2 aromatic rings. The number of rotatable bonds is 7. The van der Waals surface area contributed by atoms with Gasteiger partial charge in [0.15, 0.2) is 0 Å². The van der Waals surface area contributed by atoms with Crippen molar-refractivity contribution in [3.63, 3.8) is 0 Å². The van der Waals surface area contributed by atoms with Crippen molar-refractivity contribution in [1.82, 2.24) is 5.32 Å². The van der Waals surface area contributed by atoms with Gasteiger partial charge in [-0.3, -0.25) is 10.2 Å². The van der Waals surface area contributed by atoms with E-state index >= 15 is 0 Å². The van der Waals surface area contributed by atoms with Gasteiger partial charge >= 0.3 is 0 Å². The lowest BCUT2D eigenvalue weighted by molar-refractivity contribution is 0.0948. The molecule has 0 saturated heterocycles. The first-order valence-corrected chi connectivity index (χ1v) is 8.26. The van der Waals surface area contributed by atoms with E-state index in [9.17, 15) is 4.79 Å². The largest absolute Gasteiger partial charge is 0.492 e. The van der Waals surface area contributed by atoms with Crippen LogP contribution >= 0.6 is 0 Å². The minimum Gasteiger partial charge on any atom is -0.492 e. The summed E-state index contributed by atoms with van der Waals surface area (Å²) in [6.07, 6.45) is 0. The predicted octanol–water partition coefficient (Wildman–Crippen LogP) is 2.93. The number of benzene rings is 2. The smallest absolute Gasteiger partial charge is 0.253 e. The molecule has 136 valence electrons. The molecule has 27 heavy (non-hydrogen) atoms. The van der Waals surface area contributed by atoms with Gasteiger partial charge in [-0.1, -0.05) is 18.2 Å². The molecular formula is C20H19N5O2. The van der Waals surface area contributed by atoms with E-state index in [0.717, 1.165) is 11.3 Å². The number of hydrogen-bond donors (Lipinski definition) is 2. The Kier molecular flexibility index (Phi) is 6.92. The molecule has 0 fully saturated rings. The molecule has 2 rings (SSSR count). The second-order valence-electron chi connectivity index (χ2n) is 5.69. The van der Waals surface area contributed by atoms with Crippen LogP contribution in [0.2, 0.25) is 0 Å². The van der Waals surface area contributed by atoms with Crippen molar-refractivity contribution in [1.29, 1.82) is 10.5 Å². The van der Waals surface area contributed by atoms with Gasteiger partial charge in [-0.25, -0.2) is 0 Å². The van der Waals surface area contributed by atoms with Crippen LogP contribution in [0.25, 0.3) is 0 Å². The van der Waals surface area contributed by atoms with E-state index in [0.29, 0.717) is 24.4 Å². The van der Waals surface area contributed by atoms with Crippen molar-refractivity contribution in [3.05, 3.63) is 59.2 Å². The van der Waals surface area contributed by atoms with E-state index in [1.54, 1.807) is 36.4 Å². The minimum atomic E-state index is -0.327. The van der Waals surface area contributed by atoms with Crippen molar-refractivity contribution >= 4 is 17.3 Å². The Morgan fingerprint density at radius 3 is 2.56 bits per heavy atom. The lowest BCUT2D eigenvalue weighted by Crippen LogP contribution is -2.28. The van der Waals surface area contributed by atoms with Crippen LogP contribution in [0.4, 0.5) is 5.69 Å².